The zero-order chi connectivity index (χ0) is 13.0. The fraction of sp³-hybridized carbons (Fsp3) is 0.286. The number of nitrogens with zero attached hydrogens (tertiary/aromatic N) is 2. The zero-order valence-corrected chi connectivity index (χ0v) is 11.8. The summed E-state index contributed by atoms with van der Waals surface area (Å²) in [5.74, 6) is 0. The van der Waals surface area contributed by atoms with Crippen LogP contribution in [0.3, 0.4) is 0 Å². The number of hydrogen-bond acceptors (Lipinski definition) is 3. The molecule has 0 saturated heterocycles. The van der Waals surface area contributed by atoms with Gasteiger partial charge in [-0.05, 0) is 46.1 Å². The van der Waals surface area contributed by atoms with E-state index < -0.39 is 6.10 Å². The van der Waals surface area contributed by atoms with Crippen molar-refractivity contribution < 1.29 is 5.11 Å². The van der Waals surface area contributed by atoms with Crippen LogP contribution < -0.4 is 0 Å². The van der Waals surface area contributed by atoms with Crippen molar-refractivity contribution >= 4 is 15.9 Å². The molecule has 0 aliphatic heterocycles. The lowest BCUT2D eigenvalue weighted by molar-refractivity contribution is 0.171. The first-order valence-electron chi connectivity index (χ1n) is 5.93. The van der Waals surface area contributed by atoms with Crippen molar-refractivity contribution in [1.82, 2.24) is 9.97 Å². The van der Waals surface area contributed by atoms with Gasteiger partial charge in [0, 0.05) is 29.0 Å². The molecule has 4 heteroatoms. The van der Waals surface area contributed by atoms with Crippen LogP contribution in [-0.2, 0) is 12.8 Å². The van der Waals surface area contributed by atoms with E-state index >= 15 is 0 Å². The van der Waals surface area contributed by atoms with Crippen molar-refractivity contribution in [2.75, 3.05) is 0 Å². The average molecular weight is 307 g/mol. The van der Waals surface area contributed by atoms with Gasteiger partial charge in [0.2, 0.25) is 0 Å². The Labute approximate surface area is 115 Å². The van der Waals surface area contributed by atoms with Crippen LogP contribution in [0.5, 0.6) is 0 Å². The molecule has 0 spiro atoms. The second kappa shape index (κ2) is 6.07. The Balaban J connectivity index is 2.16. The molecule has 2 rings (SSSR count). The van der Waals surface area contributed by atoms with Gasteiger partial charge < -0.3 is 5.11 Å². The Bertz CT molecular complexity index is 513. The lowest BCUT2D eigenvalue weighted by atomic mass is 10.0. The Morgan fingerprint density at radius 3 is 2.78 bits per heavy atom. The maximum absolute atomic E-state index is 10.2. The molecule has 1 unspecified atom stereocenters. The first-order chi connectivity index (χ1) is 8.70. The number of aliphatic hydroxyl groups excluding tert-OH is 1. The van der Waals surface area contributed by atoms with Gasteiger partial charge in [0.1, 0.15) is 6.10 Å². The molecular weight excluding hydrogens is 292 g/mol. The van der Waals surface area contributed by atoms with Gasteiger partial charge in [0.15, 0.2) is 0 Å². The lowest BCUT2D eigenvalue weighted by Gasteiger charge is -2.13. The van der Waals surface area contributed by atoms with E-state index in [4.69, 9.17) is 0 Å². The first-order valence-corrected chi connectivity index (χ1v) is 6.72. The minimum atomic E-state index is -0.602. The van der Waals surface area contributed by atoms with Crippen molar-refractivity contribution in [1.29, 1.82) is 0 Å². The van der Waals surface area contributed by atoms with E-state index in [1.165, 1.54) is 0 Å². The third kappa shape index (κ3) is 3.15. The highest BCUT2D eigenvalue weighted by Gasteiger charge is 2.14. The molecule has 0 bridgehead atoms. The zero-order valence-electron chi connectivity index (χ0n) is 10.2. The molecule has 18 heavy (non-hydrogen) atoms. The van der Waals surface area contributed by atoms with Gasteiger partial charge in [-0.25, -0.2) is 0 Å². The first kappa shape index (κ1) is 13.2. The quantitative estimate of drug-likeness (QED) is 0.944. The molecule has 2 heterocycles. The maximum atomic E-state index is 10.2. The smallest absolute Gasteiger partial charge is 0.102 e. The molecule has 2 aromatic rings. The molecule has 0 radical (unpaired) electrons. The molecule has 0 aliphatic carbocycles. The lowest BCUT2D eigenvalue weighted by Crippen LogP contribution is -2.08. The van der Waals surface area contributed by atoms with Gasteiger partial charge >= 0.3 is 0 Å². The summed E-state index contributed by atoms with van der Waals surface area (Å²) in [6.07, 6.45) is 4.20. The average Bonchev–Trinajstić information content (AvgIpc) is 2.41. The predicted molar refractivity (Wildman–Crippen MR) is 74.2 cm³/mol. The Morgan fingerprint density at radius 2 is 2.11 bits per heavy atom. The molecule has 3 nitrogen and oxygen atoms in total. The van der Waals surface area contributed by atoms with E-state index in [2.05, 4.69) is 32.8 Å². The van der Waals surface area contributed by atoms with Crippen LogP contribution in [0.1, 0.15) is 30.0 Å². The van der Waals surface area contributed by atoms with Crippen LogP contribution in [-0.4, -0.2) is 15.1 Å². The second-order valence-corrected chi connectivity index (χ2v) is 5.00. The molecule has 0 saturated carbocycles. The number of hydrogen-bond donors (Lipinski definition) is 1. The van der Waals surface area contributed by atoms with Crippen LogP contribution in [0.25, 0.3) is 0 Å². The fourth-order valence-electron chi connectivity index (χ4n) is 1.87. The number of rotatable bonds is 4. The Hall–Kier alpha value is -1.26. The molecule has 94 valence electrons. The van der Waals surface area contributed by atoms with Gasteiger partial charge in [0.25, 0.3) is 0 Å². The number of aryl methyl sites for hydroxylation is 1. The van der Waals surface area contributed by atoms with Crippen LogP contribution in [0, 0.1) is 0 Å². The van der Waals surface area contributed by atoms with Gasteiger partial charge in [0.05, 0.1) is 5.69 Å². The van der Waals surface area contributed by atoms with Crippen LogP contribution in [0.2, 0.25) is 0 Å². The summed E-state index contributed by atoms with van der Waals surface area (Å²) in [5, 5.41) is 10.2. The third-order valence-corrected chi connectivity index (χ3v) is 3.28. The number of halogens is 1. The largest absolute Gasteiger partial charge is 0.386 e. The minimum Gasteiger partial charge on any atom is -0.386 e. The number of pyridine rings is 2. The third-order valence-electron chi connectivity index (χ3n) is 2.81. The van der Waals surface area contributed by atoms with Crippen LogP contribution in [0.4, 0.5) is 0 Å². The molecular formula is C14H15BrN2O. The number of aliphatic hydroxyl groups is 1. The van der Waals surface area contributed by atoms with Crippen LogP contribution in [0.15, 0.2) is 41.1 Å². The topological polar surface area (TPSA) is 46.0 Å². The molecule has 1 atom stereocenters. The summed E-state index contributed by atoms with van der Waals surface area (Å²) < 4.78 is 0.938. The van der Waals surface area contributed by atoms with Crippen molar-refractivity contribution in [3.05, 3.63) is 58.1 Å². The highest BCUT2D eigenvalue weighted by atomic mass is 79.9. The highest BCUT2D eigenvalue weighted by molar-refractivity contribution is 9.10. The fourth-order valence-corrected chi connectivity index (χ4v) is 2.11. The van der Waals surface area contributed by atoms with Crippen molar-refractivity contribution in [2.24, 2.45) is 0 Å². The van der Waals surface area contributed by atoms with Gasteiger partial charge in [-0.3, -0.25) is 9.97 Å². The standard InChI is InChI=1S/C14H15BrN2O/c1-2-10-4-3-7-16-14(10)13(18)8-12-6-5-11(15)9-17-12/h3-7,9,13,18H,2,8H2,1H3. The van der Waals surface area contributed by atoms with Gasteiger partial charge in [-0.15, -0.1) is 0 Å². The minimum absolute atomic E-state index is 0.483. The monoisotopic (exact) mass is 306 g/mol. The molecule has 0 fully saturated rings. The molecule has 2 aromatic heterocycles. The molecule has 1 N–H and O–H groups in total. The SMILES string of the molecule is CCc1cccnc1C(O)Cc1ccc(Br)cn1. The van der Waals surface area contributed by atoms with E-state index in [0.29, 0.717) is 6.42 Å². The molecule has 0 aromatic carbocycles. The number of aromatic nitrogens is 2. The van der Waals surface area contributed by atoms with Gasteiger partial charge in [-0.2, -0.15) is 0 Å². The summed E-state index contributed by atoms with van der Waals surface area (Å²) >= 11 is 3.34. The van der Waals surface area contributed by atoms with E-state index in [1.807, 2.05) is 24.3 Å². The van der Waals surface area contributed by atoms with Crippen molar-refractivity contribution in [3.63, 3.8) is 0 Å². The Morgan fingerprint density at radius 1 is 1.28 bits per heavy atom. The molecule has 0 amide bonds. The van der Waals surface area contributed by atoms with E-state index in [1.54, 1.807) is 12.4 Å². The predicted octanol–water partition coefficient (Wildman–Crippen LogP) is 3.08. The summed E-state index contributed by atoms with van der Waals surface area (Å²) in [6, 6.07) is 7.73. The highest BCUT2D eigenvalue weighted by Crippen LogP contribution is 2.20. The van der Waals surface area contributed by atoms with Gasteiger partial charge in [-0.1, -0.05) is 13.0 Å². The summed E-state index contributed by atoms with van der Waals surface area (Å²) in [7, 11) is 0. The normalized spacial score (nSPS) is 12.4. The van der Waals surface area contributed by atoms with E-state index in [-0.39, 0.29) is 0 Å². The second-order valence-electron chi connectivity index (χ2n) is 4.09. The van der Waals surface area contributed by atoms with E-state index in [9.17, 15) is 5.11 Å². The Kier molecular flexibility index (Phi) is 4.44. The molecule has 0 aliphatic rings. The van der Waals surface area contributed by atoms with Crippen LogP contribution >= 0.6 is 15.9 Å². The van der Waals surface area contributed by atoms with Crippen molar-refractivity contribution in [3.8, 4) is 0 Å². The summed E-state index contributed by atoms with van der Waals surface area (Å²) in [6.45, 7) is 2.06. The van der Waals surface area contributed by atoms with E-state index in [0.717, 1.165) is 27.8 Å². The summed E-state index contributed by atoms with van der Waals surface area (Å²) in [5.41, 5.74) is 2.70. The van der Waals surface area contributed by atoms with Crippen molar-refractivity contribution in [2.45, 2.75) is 25.9 Å². The maximum Gasteiger partial charge on any atom is 0.102 e. The summed E-state index contributed by atoms with van der Waals surface area (Å²) in [4.78, 5) is 8.54.